The van der Waals surface area contributed by atoms with E-state index in [1.807, 2.05) is 0 Å². The number of hydrogen-bond donors (Lipinski definition) is 2. The highest BCUT2D eigenvalue weighted by molar-refractivity contribution is 5.77. The van der Waals surface area contributed by atoms with E-state index in [1.165, 1.54) is 6.92 Å². The molecule has 6 atom stereocenters. The summed E-state index contributed by atoms with van der Waals surface area (Å²) in [4.78, 5) is 71.2. The molecular formula is C21H31NO13. The van der Waals surface area contributed by atoms with Crippen molar-refractivity contribution in [2.75, 3.05) is 13.2 Å². The molecule has 2 unspecified atom stereocenters. The van der Waals surface area contributed by atoms with Gasteiger partial charge in [-0.15, -0.1) is 0 Å². The number of carboxylic acid groups (broad SMARTS) is 1. The van der Waals surface area contributed by atoms with Crippen LogP contribution < -0.4 is 5.32 Å². The Labute approximate surface area is 201 Å². The summed E-state index contributed by atoms with van der Waals surface area (Å²) in [6.07, 6.45) is -6.60. The van der Waals surface area contributed by atoms with Crippen molar-refractivity contribution in [2.45, 2.75) is 84.2 Å². The molecule has 1 amide bonds. The third kappa shape index (κ3) is 8.79. The van der Waals surface area contributed by atoms with Crippen LogP contribution in [0.2, 0.25) is 0 Å². The van der Waals surface area contributed by atoms with E-state index < -0.39 is 85.0 Å². The van der Waals surface area contributed by atoms with E-state index in [1.54, 1.807) is 0 Å². The maximum atomic E-state index is 12.2. The number of aliphatic carboxylic acids is 1. The predicted molar refractivity (Wildman–Crippen MR) is 112 cm³/mol. The molecule has 0 aromatic carbocycles. The third-order valence-electron chi connectivity index (χ3n) is 4.70. The van der Waals surface area contributed by atoms with E-state index in [0.29, 0.717) is 0 Å². The van der Waals surface area contributed by atoms with Crippen molar-refractivity contribution in [2.24, 2.45) is 0 Å². The van der Waals surface area contributed by atoms with Gasteiger partial charge in [0.2, 0.25) is 5.91 Å². The molecule has 14 heteroatoms. The fraction of sp³-hybridized carbons (Fsp3) is 0.714. The summed E-state index contributed by atoms with van der Waals surface area (Å²) in [5.74, 6) is -7.90. The Morgan fingerprint density at radius 2 is 1.57 bits per heavy atom. The minimum atomic E-state index is -2.39. The highest BCUT2D eigenvalue weighted by atomic mass is 16.7. The van der Waals surface area contributed by atoms with Gasteiger partial charge in [0.25, 0.3) is 5.79 Å². The second-order valence-electron chi connectivity index (χ2n) is 7.68. The first kappa shape index (κ1) is 29.8. The van der Waals surface area contributed by atoms with Gasteiger partial charge in [-0.2, -0.15) is 0 Å². The number of carbonyl (C=O) groups is 6. The average molecular weight is 505 g/mol. The normalized spacial score (nSPS) is 25.4. The van der Waals surface area contributed by atoms with Gasteiger partial charge in [-0.3, -0.25) is 24.0 Å². The van der Waals surface area contributed by atoms with Gasteiger partial charge >= 0.3 is 29.8 Å². The van der Waals surface area contributed by atoms with Gasteiger partial charge in [0.15, 0.2) is 12.2 Å². The molecule has 1 fully saturated rings. The van der Waals surface area contributed by atoms with Crippen LogP contribution in [0.5, 0.6) is 0 Å². The first-order valence-electron chi connectivity index (χ1n) is 10.7. The van der Waals surface area contributed by atoms with Gasteiger partial charge in [-0.25, -0.2) is 4.79 Å². The second-order valence-corrected chi connectivity index (χ2v) is 7.68. The predicted octanol–water partition coefficient (Wildman–Crippen LogP) is -0.544. The largest absolute Gasteiger partial charge is 0.477 e. The Morgan fingerprint density at radius 1 is 0.971 bits per heavy atom. The van der Waals surface area contributed by atoms with Crippen molar-refractivity contribution in [3.8, 4) is 0 Å². The molecule has 0 aliphatic carbocycles. The van der Waals surface area contributed by atoms with Crippen LogP contribution in [-0.2, 0) is 57.2 Å². The Balaban J connectivity index is 3.71. The third-order valence-corrected chi connectivity index (χ3v) is 4.70. The summed E-state index contributed by atoms with van der Waals surface area (Å²) in [6, 6.07) is -1.29. The topological polar surface area (TPSA) is 190 Å². The molecule has 2 N–H and O–H groups in total. The van der Waals surface area contributed by atoms with Crippen molar-refractivity contribution in [3.63, 3.8) is 0 Å². The molecule has 0 spiro atoms. The van der Waals surface area contributed by atoms with E-state index in [4.69, 9.17) is 28.4 Å². The molecule has 198 valence electrons. The number of hydrogen-bond acceptors (Lipinski definition) is 12. The summed E-state index contributed by atoms with van der Waals surface area (Å²) < 4.78 is 31.9. The maximum absolute atomic E-state index is 12.2. The van der Waals surface area contributed by atoms with Crippen LogP contribution in [0.15, 0.2) is 0 Å². The SMILES string of the molecule is CCO[C@@]1(C(=O)O)CC(OC(C)=O)[C@@H](NC(C)=O)C([C@H](OC(C)=O)[C@@H](COC(C)=O)OC(C)=O)O1. The summed E-state index contributed by atoms with van der Waals surface area (Å²) >= 11 is 0. The van der Waals surface area contributed by atoms with Gasteiger partial charge in [0.1, 0.15) is 18.8 Å². The molecule has 35 heavy (non-hydrogen) atoms. The monoisotopic (exact) mass is 505 g/mol. The number of carboxylic acids is 1. The number of nitrogens with one attached hydrogen (secondary N) is 1. The van der Waals surface area contributed by atoms with Crippen LogP contribution in [0, 0.1) is 0 Å². The zero-order valence-corrected chi connectivity index (χ0v) is 20.4. The smallest absolute Gasteiger partial charge is 0.364 e. The minimum absolute atomic E-state index is 0.143. The van der Waals surface area contributed by atoms with E-state index >= 15 is 0 Å². The van der Waals surface area contributed by atoms with Crippen LogP contribution >= 0.6 is 0 Å². The molecular weight excluding hydrogens is 474 g/mol. The minimum Gasteiger partial charge on any atom is -0.477 e. The maximum Gasteiger partial charge on any atom is 0.364 e. The van der Waals surface area contributed by atoms with E-state index in [9.17, 15) is 33.9 Å². The zero-order chi connectivity index (χ0) is 26.9. The van der Waals surface area contributed by atoms with E-state index in [2.05, 4.69) is 5.32 Å². The van der Waals surface area contributed by atoms with E-state index in [-0.39, 0.29) is 6.61 Å². The molecule has 0 radical (unpaired) electrons. The molecule has 1 rings (SSSR count). The molecule has 0 saturated carbocycles. The summed E-state index contributed by atoms with van der Waals surface area (Å²) in [6.45, 7) is 6.12. The van der Waals surface area contributed by atoms with Gasteiger partial charge in [-0.1, -0.05) is 0 Å². The first-order valence-corrected chi connectivity index (χ1v) is 10.7. The van der Waals surface area contributed by atoms with Crippen LogP contribution in [0.3, 0.4) is 0 Å². The highest BCUT2D eigenvalue weighted by Crippen LogP contribution is 2.36. The Hall–Kier alpha value is -3.26. The lowest BCUT2D eigenvalue weighted by molar-refractivity contribution is -0.312. The fourth-order valence-corrected chi connectivity index (χ4v) is 3.63. The van der Waals surface area contributed by atoms with Crippen LogP contribution in [0.25, 0.3) is 0 Å². The fourth-order valence-electron chi connectivity index (χ4n) is 3.63. The standard InChI is InChI=1S/C21H31NO13/c1-7-31-21(20(28)29)8-15(32-12(4)25)17(22-10(2)23)19(35-21)18(34-14(6)27)16(33-13(5)26)9-30-11(3)24/h15-19H,7-9H2,1-6H3,(H,22,23)(H,28,29)/t15?,16-,17-,18-,19?,21+/m1/s1. The number of carbonyl (C=O) groups excluding carboxylic acids is 5. The Bertz CT molecular complexity index is 828. The van der Waals surface area contributed by atoms with E-state index in [0.717, 1.165) is 34.6 Å². The molecule has 1 aliphatic rings. The number of amides is 1. The second kappa shape index (κ2) is 13.0. The molecule has 1 saturated heterocycles. The van der Waals surface area contributed by atoms with Crippen LogP contribution in [0.1, 0.15) is 48.0 Å². The van der Waals surface area contributed by atoms with Gasteiger partial charge in [0.05, 0.1) is 12.5 Å². The lowest BCUT2D eigenvalue weighted by Gasteiger charge is -2.48. The quantitative estimate of drug-likeness (QED) is 0.269. The van der Waals surface area contributed by atoms with Crippen molar-refractivity contribution < 1.29 is 62.3 Å². The van der Waals surface area contributed by atoms with Crippen molar-refractivity contribution in [3.05, 3.63) is 0 Å². The summed E-state index contributed by atoms with van der Waals surface area (Å²) in [5, 5.41) is 12.4. The number of rotatable bonds is 11. The highest BCUT2D eigenvalue weighted by Gasteiger charge is 2.58. The van der Waals surface area contributed by atoms with Crippen molar-refractivity contribution >= 4 is 35.8 Å². The molecule has 14 nitrogen and oxygen atoms in total. The lowest BCUT2D eigenvalue weighted by Crippen LogP contribution is -2.69. The Kier molecular flexibility index (Phi) is 11.1. The summed E-state index contributed by atoms with van der Waals surface area (Å²) in [7, 11) is 0. The first-order chi connectivity index (χ1) is 16.2. The Morgan fingerprint density at radius 3 is 2.00 bits per heavy atom. The van der Waals surface area contributed by atoms with Gasteiger partial charge in [0, 0.05) is 41.2 Å². The van der Waals surface area contributed by atoms with Crippen LogP contribution in [0.4, 0.5) is 0 Å². The number of ether oxygens (including phenoxy) is 6. The molecule has 0 aromatic heterocycles. The lowest BCUT2D eigenvalue weighted by atomic mass is 9.88. The summed E-state index contributed by atoms with van der Waals surface area (Å²) in [5.41, 5.74) is 0. The van der Waals surface area contributed by atoms with Gasteiger partial charge in [-0.05, 0) is 6.92 Å². The van der Waals surface area contributed by atoms with Gasteiger partial charge < -0.3 is 38.8 Å². The molecule has 1 aliphatic heterocycles. The van der Waals surface area contributed by atoms with Crippen molar-refractivity contribution in [1.29, 1.82) is 0 Å². The number of esters is 4. The molecule has 1 heterocycles. The van der Waals surface area contributed by atoms with Crippen molar-refractivity contribution in [1.82, 2.24) is 5.32 Å². The average Bonchev–Trinajstić information content (AvgIpc) is 2.70. The molecule has 0 aromatic rings. The zero-order valence-electron chi connectivity index (χ0n) is 20.4. The van der Waals surface area contributed by atoms with Crippen LogP contribution in [-0.4, -0.2) is 90.3 Å². The molecule has 0 bridgehead atoms.